The van der Waals surface area contributed by atoms with E-state index in [1.165, 1.54) is 12.8 Å². The predicted molar refractivity (Wildman–Crippen MR) is 62.1 cm³/mol. The molecule has 0 radical (unpaired) electrons. The first-order chi connectivity index (χ1) is 7.29. The second-order valence-corrected chi connectivity index (χ2v) is 4.43. The van der Waals surface area contributed by atoms with Crippen LogP contribution in [0.2, 0.25) is 0 Å². The van der Waals surface area contributed by atoms with Crippen LogP contribution in [-0.2, 0) is 0 Å². The van der Waals surface area contributed by atoms with Crippen molar-refractivity contribution in [2.45, 2.75) is 25.7 Å². The zero-order valence-electron chi connectivity index (χ0n) is 9.24. The molecule has 2 N–H and O–H groups in total. The second kappa shape index (κ2) is 4.67. The zero-order chi connectivity index (χ0) is 10.7. The lowest BCUT2D eigenvalue weighted by Crippen LogP contribution is -2.30. The first-order valence-corrected chi connectivity index (χ1v) is 5.77. The molecule has 0 amide bonds. The summed E-state index contributed by atoms with van der Waals surface area (Å²) in [6.45, 7) is 4.45. The van der Waals surface area contributed by atoms with Gasteiger partial charge in [-0.2, -0.15) is 0 Å². The fourth-order valence-electron chi connectivity index (χ4n) is 2.47. The van der Waals surface area contributed by atoms with Crippen LogP contribution in [0.4, 0.5) is 0 Å². The first-order valence-electron chi connectivity index (χ1n) is 5.77. The minimum atomic E-state index is 0.448. The van der Waals surface area contributed by atoms with Gasteiger partial charge in [-0.1, -0.05) is 25.1 Å². The maximum absolute atomic E-state index is 9.80. The highest BCUT2D eigenvalue weighted by Gasteiger charge is 2.22. The molecule has 2 nitrogen and oxygen atoms in total. The molecule has 0 aromatic heterocycles. The van der Waals surface area contributed by atoms with Gasteiger partial charge < -0.3 is 10.4 Å². The average Bonchev–Trinajstić information content (AvgIpc) is 2.30. The van der Waals surface area contributed by atoms with Crippen LogP contribution in [0.5, 0.6) is 5.75 Å². The Balaban J connectivity index is 2.12. The highest BCUT2D eigenvalue weighted by atomic mass is 16.3. The maximum Gasteiger partial charge on any atom is 0.119 e. The molecule has 1 aliphatic rings. The molecule has 1 aromatic rings. The van der Waals surface area contributed by atoms with Crippen molar-refractivity contribution in [3.05, 3.63) is 29.8 Å². The van der Waals surface area contributed by atoms with Gasteiger partial charge in [-0.3, -0.25) is 0 Å². The monoisotopic (exact) mass is 205 g/mol. The van der Waals surface area contributed by atoms with Crippen LogP contribution in [0, 0.1) is 5.92 Å². The number of phenolic OH excluding ortho intramolecular Hbond substituents is 1. The number of rotatable bonds is 2. The summed E-state index contributed by atoms with van der Waals surface area (Å²) < 4.78 is 0. The van der Waals surface area contributed by atoms with Crippen molar-refractivity contribution in [1.29, 1.82) is 0 Å². The molecule has 1 heterocycles. The summed E-state index contributed by atoms with van der Waals surface area (Å²) in [6, 6.07) is 7.72. The summed E-state index contributed by atoms with van der Waals surface area (Å²) in [5.74, 6) is 1.62. The lowest BCUT2D eigenvalue weighted by Gasteiger charge is -2.28. The Labute approximate surface area is 91.3 Å². The number of piperidine rings is 1. The summed E-state index contributed by atoms with van der Waals surface area (Å²) in [5, 5.41) is 13.2. The molecule has 1 saturated heterocycles. The molecule has 1 aromatic carbocycles. The van der Waals surface area contributed by atoms with Gasteiger partial charge in [0.25, 0.3) is 0 Å². The first kappa shape index (κ1) is 10.5. The standard InChI is InChI=1S/C13H19NO/c1-10(11-6-8-14-9-7-11)12-4-2-3-5-13(12)15/h2-5,10-11,14-15H,6-9H2,1H3. The quantitative estimate of drug-likeness (QED) is 0.777. The van der Waals surface area contributed by atoms with Crippen LogP contribution in [-0.4, -0.2) is 18.2 Å². The molecule has 0 spiro atoms. The molecule has 2 rings (SSSR count). The molecule has 15 heavy (non-hydrogen) atoms. The van der Waals surface area contributed by atoms with Crippen LogP contribution in [0.1, 0.15) is 31.2 Å². The van der Waals surface area contributed by atoms with E-state index in [2.05, 4.69) is 12.2 Å². The average molecular weight is 205 g/mol. The number of phenols is 1. The molecule has 1 fully saturated rings. The van der Waals surface area contributed by atoms with Crippen molar-refractivity contribution in [3.8, 4) is 5.75 Å². The largest absolute Gasteiger partial charge is 0.508 e. The second-order valence-electron chi connectivity index (χ2n) is 4.43. The third-order valence-corrected chi connectivity index (χ3v) is 3.52. The van der Waals surface area contributed by atoms with Gasteiger partial charge in [-0.15, -0.1) is 0 Å². The number of hydrogen-bond donors (Lipinski definition) is 2. The van der Waals surface area contributed by atoms with Gasteiger partial charge in [-0.25, -0.2) is 0 Å². The summed E-state index contributed by atoms with van der Waals surface area (Å²) in [5.41, 5.74) is 1.10. The number of hydrogen-bond acceptors (Lipinski definition) is 2. The molecule has 2 heteroatoms. The molecule has 1 aliphatic heterocycles. The van der Waals surface area contributed by atoms with Gasteiger partial charge in [0.2, 0.25) is 0 Å². The van der Waals surface area contributed by atoms with E-state index < -0.39 is 0 Å². The normalized spacial score (nSPS) is 20.1. The van der Waals surface area contributed by atoms with Crippen LogP contribution in [0.25, 0.3) is 0 Å². The Bertz CT molecular complexity index is 318. The van der Waals surface area contributed by atoms with E-state index in [0.717, 1.165) is 18.7 Å². The van der Waals surface area contributed by atoms with Gasteiger partial charge >= 0.3 is 0 Å². The predicted octanol–water partition coefficient (Wildman–Crippen LogP) is 2.50. The Morgan fingerprint density at radius 3 is 2.60 bits per heavy atom. The van der Waals surface area contributed by atoms with Crippen molar-refractivity contribution < 1.29 is 5.11 Å². The Kier molecular flexibility index (Phi) is 3.27. The third kappa shape index (κ3) is 2.32. The summed E-state index contributed by atoms with van der Waals surface area (Å²) in [6.07, 6.45) is 2.44. The minimum Gasteiger partial charge on any atom is -0.508 e. The van der Waals surface area contributed by atoms with Gasteiger partial charge in [0, 0.05) is 0 Å². The van der Waals surface area contributed by atoms with E-state index in [-0.39, 0.29) is 0 Å². The van der Waals surface area contributed by atoms with E-state index in [0.29, 0.717) is 17.6 Å². The minimum absolute atomic E-state index is 0.448. The number of para-hydroxylation sites is 1. The Hall–Kier alpha value is -1.02. The van der Waals surface area contributed by atoms with Gasteiger partial charge in [0.1, 0.15) is 5.75 Å². The maximum atomic E-state index is 9.80. The lowest BCUT2D eigenvalue weighted by molar-refractivity contribution is 0.324. The SMILES string of the molecule is CC(c1ccccc1O)C1CCNCC1. The van der Waals surface area contributed by atoms with Crippen molar-refractivity contribution in [2.24, 2.45) is 5.92 Å². The lowest BCUT2D eigenvalue weighted by atomic mass is 9.81. The van der Waals surface area contributed by atoms with Crippen molar-refractivity contribution in [2.75, 3.05) is 13.1 Å². The number of aromatic hydroxyl groups is 1. The van der Waals surface area contributed by atoms with E-state index in [9.17, 15) is 5.11 Å². The van der Waals surface area contributed by atoms with Crippen molar-refractivity contribution in [1.82, 2.24) is 5.32 Å². The Morgan fingerprint density at radius 1 is 1.27 bits per heavy atom. The topological polar surface area (TPSA) is 32.3 Å². The molecule has 0 bridgehead atoms. The highest BCUT2D eigenvalue weighted by molar-refractivity contribution is 5.34. The van der Waals surface area contributed by atoms with Crippen molar-refractivity contribution >= 4 is 0 Å². The van der Waals surface area contributed by atoms with Crippen LogP contribution in [0.15, 0.2) is 24.3 Å². The fourth-order valence-corrected chi connectivity index (χ4v) is 2.47. The summed E-state index contributed by atoms with van der Waals surface area (Å²) >= 11 is 0. The van der Waals surface area contributed by atoms with Crippen molar-refractivity contribution in [3.63, 3.8) is 0 Å². The van der Waals surface area contributed by atoms with E-state index in [1.807, 2.05) is 18.2 Å². The van der Waals surface area contributed by atoms with E-state index >= 15 is 0 Å². The molecule has 1 atom stereocenters. The summed E-state index contributed by atoms with van der Waals surface area (Å²) in [7, 11) is 0. The smallest absolute Gasteiger partial charge is 0.119 e. The molecule has 0 saturated carbocycles. The number of nitrogens with one attached hydrogen (secondary N) is 1. The molecular weight excluding hydrogens is 186 g/mol. The molecule has 0 aliphatic carbocycles. The van der Waals surface area contributed by atoms with Gasteiger partial charge in [0.15, 0.2) is 0 Å². The fraction of sp³-hybridized carbons (Fsp3) is 0.538. The van der Waals surface area contributed by atoms with Crippen LogP contribution >= 0.6 is 0 Å². The zero-order valence-corrected chi connectivity index (χ0v) is 9.24. The summed E-state index contributed by atoms with van der Waals surface area (Å²) in [4.78, 5) is 0. The van der Waals surface area contributed by atoms with Crippen LogP contribution in [0.3, 0.4) is 0 Å². The van der Waals surface area contributed by atoms with E-state index in [1.54, 1.807) is 6.07 Å². The van der Waals surface area contributed by atoms with Crippen LogP contribution < -0.4 is 5.32 Å². The third-order valence-electron chi connectivity index (χ3n) is 3.52. The number of benzene rings is 1. The Morgan fingerprint density at radius 2 is 1.93 bits per heavy atom. The molecule has 82 valence electrons. The van der Waals surface area contributed by atoms with E-state index in [4.69, 9.17) is 0 Å². The molecule has 1 unspecified atom stereocenters. The van der Waals surface area contributed by atoms with Gasteiger partial charge in [-0.05, 0) is 49.4 Å². The molecular formula is C13H19NO. The van der Waals surface area contributed by atoms with Gasteiger partial charge in [0.05, 0.1) is 0 Å². The highest BCUT2D eigenvalue weighted by Crippen LogP contribution is 2.34.